The first-order valence-electron chi connectivity index (χ1n) is 10.6. The second-order valence-corrected chi connectivity index (χ2v) is 9.69. The lowest BCUT2D eigenvalue weighted by Gasteiger charge is -2.33. The molecule has 168 valence electrons. The summed E-state index contributed by atoms with van der Waals surface area (Å²) >= 11 is 0. The van der Waals surface area contributed by atoms with Crippen molar-refractivity contribution in [3.05, 3.63) is 18.2 Å². The van der Waals surface area contributed by atoms with Crippen molar-refractivity contribution < 1.29 is 27.4 Å². The summed E-state index contributed by atoms with van der Waals surface area (Å²) in [6.45, 7) is 0.921. The van der Waals surface area contributed by atoms with Gasteiger partial charge in [-0.05, 0) is 37.8 Å². The van der Waals surface area contributed by atoms with Gasteiger partial charge in [0.15, 0.2) is 11.5 Å². The Morgan fingerprint density at radius 1 is 1.10 bits per heavy atom. The Morgan fingerprint density at radius 3 is 2.47 bits per heavy atom. The number of amides is 1. The number of nitrogens with one attached hydrogen (secondary N) is 1. The van der Waals surface area contributed by atoms with Gasteiger partial charge in [-0.3, -0.25) is 4.79 Å². The summed E-state index contributed by atoms with van der Waals surface area (Å²) in [5, 5.41) is 2.84. The van der Waals surface area contributed by atoms with Crippen molar-refractivity contribution in [2.45, 2.75) is 62.0 Å². The number of methoxy groups -OCH3 is 2. The van der Waals surface area contributed by atoms with Gasteiger partial charge in [-0.1, -0.05) is 19.3 Å². The van der Waals surface area contributed by atoms with Crippen LogP contribution in [0, 0.1) is 0 Å². The zero-order valence-electron chi connectivity index (χ0n) is 17.8. The van der Waals surface area contributed by atoms with Crippen molar-refractivity contribution in [3.8, 4) is 11.5 Å². The molecule has 3 rings (SSSR count). The predicted molar refractivity (Wildman–Crippen MR) is 112 cm³/mol. The number of benzene rings is 1. The zero-order valence-corrected chi connectivity index (χ0v) is 18.6. The van der Waals surface area contributed by atoms with Crippen LogP contribution in [0.15, 0.2) is 23.1 Å². The fourth-order valence-electron chi connectivity index (χ4n) is 4.12. The number of hydrogen-bond acceptors (Lipinski definition) is 6. The van der Waals surface area contributed by atoms with Gasteiger partial charge in [-0.15, -0.1) is 0 Å². The monoisotopic (exact) mass is 440 g/mol. The lowest BCUT2D eigenvalue weighted by atomic mass is 9.95. The van der Waals surface area contributed by atoms with E-state index in [0.717, 1.165) is 44.9 Å². The molecule has 0 aromatic heterocycles. The minimum Gasteiger partial charge on any atom is -0.493 e. The third-order valence-corrected chi connectivity index (χ3v) is 7.69. The maximum atomic E-state index is 13.5. The molecule has 30 heavy (non-hydrogen) atoms. The van der Waals surface area contributed by atoms with Crippen LogP contribution >= 0.6 is 0 Å². The molecule has 1 saturated heterocycles. The molecule has 1 atom stereocenters. The van der Waals surface area contributed by atoms with Gasteiger partial charge in [0.2, 0.25) is 15.9 Å². The number of carbonyl (C=O) groups is 1. The molecule has 0 bridgehead atoms. The third-order valence-electron chi connectivity index (χ3n) is 5.79. The van der Waals surface area contributed by atoms with E-state index >= 15 is 0 Å². The van der Waals surface area contributed by atoms with Gasteiger partial charge < -0.3 is 19.5 Å². The van der Waals surface area contributed by atoms with Crippen LogP contribution in [0.25, 0.3) is 0 Å². The molecular formula is C21H32N2O6S. The molecule has 0 unspecified atom stereocenters. The summed E-state index contributed by atoms with van der Waals surface area (Å²) in [6.07, 6.45) is 6.43. The van der Waals surface area contributed by atoms with Gasteiger partial charge in [0.1, 0.15) is 0 Å². The second-order valence-electron chi connectivity index (χ2n) is 7.80. The molecule has 2 fully saturated rings. The van der Waals surface area contributed by atoms with Crippen LogP contribution in [0.3, 0.4) is 0 Å². The van der Waals surface area contributed by atoms with Crippen LogP contribution < -0.4 is 14.8 Å². The van der Waals surface area contributed by atoms with E-state index in [1.807, 2.05) is 0 Å². The second kappa shape index (κ2) is 10.5. The van der Waals surface area contributed by atoms with E-state index in [2.05, 4.69) is 5.32 Å². The number of sulfonamides is 1. The van der Waals surface area contributed by atoms with Crippen LogP contribution in [-0.4, -0.2) is 64.7 Å². The highest BCUT2D eigenvalue weighted by Crippen LogP contribution is 2.33. The molecule has 1 aliphatic carbocycles. The number of ether oxygens (including phenoxy) is 3. The van der Waals surface area contributed by atoms with E-state index in [9.17, 15) is 13.2 Å². The molecule has 1 heterocycles. The van der Waals surface area contributed by atoms with Crippen molar-refractivity contribution in [2.75, 3.05) is 33.9 Å². The minimum atomic E-state index is -3.88. The Hall–Kier alpha value is -1.84. The summed E-state index contributed by atoms with van der Waals surface area (Å²) in [6, 6.07) is 4.33. The van der Waals surface area contributed by atoms with Gasteiger partial charge in [-0.2, -0.15) is 4.31 Å². The van der Waals surface area contributed by atoms with E-state index in [0.29, 0.717) is 24.7 Å². The predicted octanol–water partition coefficient (Wildman–Crippen LogP) is 2.32. The number of carbonyl (C=O) groups excluding carboxylic acids is 1. The molecule has 0 spiro atoms. The third kappa shape index (κ3) is 5.44. The first kappa shape index (κ1) is 22.8. The lowest BCUT2D eigenvalue weighted by molar-refractivity contribution is -0.122. The summed E-state index contributed by atoms with van der Waals surface area (Å²) in [5.74, 6) is 0.486. The Kier molecular flexibility index (Phi) is 7.96. The molecule has 1 saturated carbocycles. The van der Waals surface area contributed by atoms with Gasteiger partial charge >= 0.3 is 0 Å². The van der Waals surface area contributed by atoms with Gasteiger partial charge in [0.25, 0.3) is 0 Å². The van der Waals surface area contributed by atoms with Gasteiger partial charge in [-0.25, -0.2) is 8.42 Å². The summed E-state index contributed by atoms with van der Waals surface area (Å²) in [4.78, 5) is 12.7. The molecule has 1 aliphatic heterocycles. The quantitative estimate of drug-likeness (QED) is 0.633. The average molecular weight is 441 g/mol. The van der Waals surface area contributed by atoms with Crippen LogP contribution in [-0.2, 0) is 19.6 Å². The normalized spacial score (nSPS) is 20.3. The van der Waals surface area contributed by atoms with Crippen molar-refractivity contribution in [2.24, 2.45) is 0 Å². The Balaban J connectivity index is 1.80. The molecule has 9 heteroatoms. The fourth-order valence-corrected chi connectivity index (χ4v) is 5.78. The van der Waals surface area contributed by atoms with Crippen LogP contribution in [0.1, 0.15) is 44.9 Å². The lowest BCUT2D eigenvalue weighted by Crippen LogP contribution is -2.47. The number of hydrogen-bond donors (Lipinski definition) is 1. The molecule has 2 aliphatic rings. The van der Waals surface area contributed by atoms with Crippen molar-refractivity contribution in [1.29, 1.82) is 0 Å². The van der Waals surface area contributed by atoms with Crippen molar-refractivity contribution >= 4 is 15.9 Å². The van der Waals surface area contributed by atoms with Gasteiger partial charge in [0.05, 0.1) is 31.8 Å². The van der Waals surface area contributed by atoms with Crippen molar-refractivity contribution in [3.63, 3.8) is 0 Å². The zero-order chi connectivity index (χ0) is 21.6. The molecule has 1 aromatic rings. The SMILES string of the molecule is COc1ccc(S(=O)(=O)N(CC(=O)NC[C@H]2CCCO2)C2CCCCC2)cc1OC. The molecule has 0 radical (unpaired) electrons. The van der Waals surface area contributed by atoms with Crippen molar-refractivity contribution in [1.82, 2.24) is 9.62 Å². The summed E-state index contributed by atoms with van der Waals surface area (Å²) in [5.41, 5.74) is 0. The Bertz CT molecular complexity index is 817. The maximum absolute atomic E-state index is 13.5. The van der Waals surface area contributed by atoms with Crippen LogP contribution in [0.2, 0.25) is 0 Å². The Morgan fingerprint density at radius 2 is 1.83 bits per heavy atom. The van der Waals surface area contributed by atoms with Crippen LogP contribution in [0.5, 0.6) is 11.5 Å². The minimum absolute atomic E-state index is 0.0135. The summed E-state index contributed by atoms with van der Waals surface area (Å²) < 4.78 is 44.4. The molecule has 8 nitrogen and oxygen atoms in total. The molecule has 1 amide bonds. The maximum Gasteiger partial charge on any atom is 0.243 e. The van der Waals surface area contributed by atoms with Crippen LogP contribution in [0.4, 0.5) is 0 Å². The average Bonchev–Trinajstić information content (AvgIpc) is 3.29. The van der Waals surface area contributed by atoms with E-state index in [1.165, 1.54) is 30.7 Å². The Labute approximate surface area is 178 Å². The molecular weight excluding hydrogens is 408 g/mol. The highest BCUT2D eigenvalue weighted by molar-refractivity contribution is 7.89. The van der Waals surface area contributed by atoms with Gasteiger partial charge in [0, 0.05) is 25.3 Å². The molecule has 1 N–H and O–H groups in total. The topological polar surface area (TPSA) is 94.2 Å². The highest BCUT2D eigenvalue weighted by Gasteiger charge is 2.34. The van der Waals surface area contributed by atoms with E-state index in [1.54, 1.807) is 6.07 Å². The number of rotatable bonds is 9. The first-order valence-corrected chi connectivity index (χ1v) is 12.0. The number of nitrogens with zero attached hydrogens (tertiary/aromatic N) is 1. The highest BCUT2D eigenvalue weighted by atomic mass is 32.2. The van der Waals surface area contributed by atoms with E-state index < -0.39 is 10.0 Å². The first-order chi connectivity index (χ1) is 14.5. The molecule has 1 aromatic carbocycles. The fraction of sp³-hybridized carbons (Fsp3) is 0.667. The van der Waals surface area contributed by atoms with E-state index in [4.69, 9.17) is 14.2 Å². The van der Waals surface area contributed by atoms with E-state index in [-0.39, 0.29) is 29.5 Å². The smallest absolute Gasteiger partial charge is 0.243 e. The summed E-state index contributed by atoms with van der Waals surface area (Å²) in [7, 11) is -0.922. The standard InChI is InChI=1S/C21H32N2O6S/c1-27-19-11-10-18(13-20(19)28-2)30(25,26)23(16-7-4-3-5-8-16)15-21(24)22-14-17-9-6-12-29-17/h10-11,13,16-17H,3-9,12,14-15H2,1-2H3,(H,22,24)/t17-/m1/s1. The largest absolute Gasteiger partial charge is 0.493 e.